The number of carbonyl (C=O) groups is 1. The summed E-state index contributed by atoms with van der Waals surface area (Å²) in [6.45, 7) is 1.67. The van der Waals surface area contributed by atoms with Crippen molar-refractivity contribution in [1.29, 1.82) is 0 Å². The van der Waals surface area contributed by atoms with Gasteiger partial charge in [-0.2, -0.15) is 0 Å². The van der Waals surface area contributed by atoms with Gasteiger partial charge in [-0.25, -0.2) is 0 Å². The fourth-order valence-corrected chi connectivity index (χ4v) is 2.27. The summed E-state index contributed by atoms with van der Waals surface area (Å²) in [5, 5.41) is 6.12. The Kier molecular flexibility index (Phi) is 4.12. The number of hydrogen-bond acceptors (Lipinski definition) is 4. The van der Waals surface area contributed by atoms with Crippen LogP contribution in [0.25, 0.3) is 0 Å². The Labute approximate surface area is 123 Å². The molecule has 1 saturated heterocycles. The topological polar surface area (TPSA) is 63.2 Å². The van der Waals surface area contributed by atoms with Gasteiger partial charge >= 0.3 is 0 Å². The Morgan fingerprint density at radius 1 is 1.24 bits per heavy atom. The van der Waals surface area contributed by atoms with Crippen LogP contribution in [-0.4, -0.2) is 24.0 Å². The number of aromatic nitrogens is 1. The minimum absolute atomic E-state index is 0.0660. The molecule has 3 rings (SSSR count). The molecule has 1 fully saturated rings. The maximum absolute atomic E-state index is 12.0. The van der Waals surface area contributed by atoms with Gasteiger partial charge in [0.15, 0.2) is 0 Å². The van der Waals surface area contributed by atoms with Crippen LogP contribution in [0.1, 0.15) is 6.42 Å². The molecule has 1 atom stereocenters. The molecule has 1 aliphatic heterocycles. The normalized spacial score (nSPS) is 17.4. The Balaban J connectivity index is 1.60. The fourth-order valence-electron chi connectivity index (χ4n) is 2.27. The first-order chi connectivity index (χ1) is 10.3. The second-order valence-electron chi connectivity index (χ2n) is 4.99. The lowest BCUT2D eigenvalue weighted by atomic mass is 10.1. The van der Waals surface area contributed by atoms with E-state index in [1.165, 1.54) is 0 Å². The van der Waals surface area contributed by atoms with E-state index in [-0.39, 0.29) is 11.8 Å². The molecule has 2 aromatic rings. The van der Waals surface area contributed by atoms with Crippen molar-refractivity contribution in [2.45, 2.75) is 6.42 Å². The highest BCUT2D eigenvalue weighted by Crippen LogP contribution is 2.22. The molecule has 5 heteroatoms. The maximum atomic E-state index is 12.0. The number of benzene rings is 1. The lowest BCUT2D eigenvalue weighted by molar-refractivity contribution is -0.119. The van der Waals surface area contributed by atoms with E-state index in [1.54, 1.807) is 12.4 Å². The molecule has 0 radical (unpaired) electrons. The number of rotatable bonds is 4. The van der Waals surface area contributed by atoms with Gasteiger partial charge in [0.05, 0.1) is 12.1 Å². The fraction of sp³-hybridized carbons (Fsp3) is 0.250. The number of hydrogen-bond donors (Lipinski definition) is 2. The van der Waals surface area contributed by atoms with Crippen molar-refractivity contribution < 1.29 is 9.53 Å². The molecule has 2 heterocycles. The summed E-state index contributed by atoms with van der Waals surface area (Å²) in [6.07, 6.45) is 4.25. The molecule has 2 N–H and O–H groups in total. The molecule has 0 spiro atoms. The summed E-state index contributed by atoms with van der Waals surface area (Å²) in [5.41, 5.74) is 0.783. The van der Waals surface area contributed by atoms with E-state index in [9.17, 15) is 4.79 Å². The third kappa shape index (κ3) is 3.58. The van der Waals surface area contributed by atoms with Crippen molar-refractivity contribution in [1.82, 2.24) is 10.3 Å². The minimum atomic E-state index is 0.0660. The summed E-state index contributed by atoms with van der Waals surface area (Å²) in [6, 6.07) is 11.0. The van der Waals surface area contributed by atoms with Gasteiger partial charge in [-0.05, 0) is 49.4 Å². The van der Waals surface area contributed by atoms with Gasteiger partial charge in [0.25, 0.3) is 0 Å². The second kappa shape index (κ2) is 6.37. The van der Waals surface area contributed by atoms with E-state index in [0.717, 1.165) is 25.2 Å². The first-order valence-electron chi connectivity index (χ1n) is 7.01. The summed E-state index contributed by atoms with van der Waals surface area (Å²) < 4.78 is 5.65. The van der Waals surface area contributed by atoms with Crippen LogP contribution in [0.5, 0.6) is 11.5 Å². The lowest BCUT2D eigenvalue weighted by Gasteiger charge is -2.10. The second-order valence-corrected chi connectivity index (χ2v) is 4.99. The first kappa shape index (κ1) is 13.6. The van der Waals surface area contributed by atoms with E-state index in [4.69, 9.17) is 4.74 Å². The molecule has 0 bridgehead atoms. The van der Waals surface area contributed by atoms with Gasteiger partial charge in [-0.3, -0.25) is 9.78 Å². The molecule has 21 heavy (non-hydrogen) atoms. The van der Waals surface area contributed by atoms with Crippen LogP contribution >= 0.6 is 0 Å². The van der Waals surface area contributed by atoms with Gasteiger partial charge < -0.3 is 15.4 Å². The zero-order chi connectivity index (χ0) is 14.5. The summed E-state index contributed by atoms with van der Waals surface area (Å²) >= 11 is 0. The SMILES string of the molecule is O=C(Nc1ccc(Oc2cccnc2)cc1)[C@@H]1CCNC1. The van der Waals surface area contributed by atoms with Gasteiger partial charge in [-0.15, -0.1) is 0 Å². The molecule has 1 amide bonds. The molecule has 1 aromatic carbocycles. The Morgan fingerprint density at radius 3 is 2.76 bits per heavy atom. The predicted molar refractivity (Wildman–Crippen MR) is 80.4 cm³/mol. The van der Waals surface area contributed by atoms with Gasteiger partial charge in [0, 0.05) is 18.4 Å². The van der Waals surface area contributed by atoms with Gasteiger partial charge in [0.1, 0.15) is 11.5 Å². The average Bonchev–Trinajstić information content (AvgIpc) is 3.05. The van der Waals surface area contributed by atoms with E-state index < -0.39 is 0 Å². The van der Waals surface area contributed by atoms with Crippen molar-refractivity contribution in [3.8, 4) is 11.5 Å². The predicted octanol–water partition coefficient (Wildman–Crippen LogP) is 2.42. The first-order valence-corrected chi connectivity index (χ1v) is 7.01. The van der Waals surface area contributed by atoms with E-state index in [1.807, 2.05) is 36.4 Å². The van der Waals surface area contributed by atoms with Crippen LogP contribution in [0.15, 0.2) is 48.8 Å². The van der Waals surface area contributed by atoms with E-state index >= 15 is 0 Å². The molecule has 5 nitrogen and oxygen atoms in total. The van der Waals surface area contributed by atoms with Crippen molar-refractivity contribution in [3.63, 3.8) is 0 Å². The third-order valence-electron chi connectivity index (χ3n) is 3.42. The van der Waals surface area contributed by atoms with Crippen molar-refractivity contribution >= 4 is 11.6 Å². The summed E-state index contributed by atoms with van der Waals surface area (Å²) in [7, 11) is 0. The number of carbonyl (C=O) groups excluding carboxylic acids is 1. The van der Waals surface area contributed by atoms with E-state index in [2.05, 4.69) is 15.6 Å². The quantitative estimate of drug-likeness (QED) is 0.904. The largest absolute Gasteiger partial charge is 0.456 e. The lowest BCUT2D eigenvalue weighted by Crippen LogP contribution is -2.24. The van der Waals surface area contributed by atoms with Crippen molar-refractivity contribution in [2.75, 3.05) is 18.4 Å². The van der Waals surface area contributed by atoms with Crippen LogP contribution in [0.3, 0.4) is 0 Å². The average molecular weight is 283 g/mol. The highest BCUT2D eigenvalue weighted by atomic mass is 16.5. The molecular formula is C16H17N3O2. The highest BCUT2D eigenvalue weighted by Gasteiger charge is 2.22. The number of anilines is 1. The molecule has 0 saturated carbocycles. The zero-order valence-corrected chi connectivity index (χ0v) is 11.6. The highest BCUT2D eigenvalue weighted by molar-refractivity contribution is 5.92. The van der Waals surface area contributed by atoms with Gasteiger partial charge in [0.2, 0.25) is 5.91 Å². The molecule has 1 aromatic heterocycles. The Bertz CT molecular complexity index is 593. The van der Waals surface area contributed by atoms with Crippen LogP contribution in [0.4, 0.5) is 5.69 Å². The molecule has 0 unspecified atom stereocenters. The Morgan fingerprint density at radius 2 is 2.10 bits per heavy atom. The molecule has 1 aliphatic rings. The number of nitrogens with zero attached hydrogens (tertiary/aromatic N) is 1. The van der Waals surface area contributed by atoms with Crippen LogP contribution in [0.2, 0.25) is 0 Å². The molecule has 108 valence electrons. The smallest absolute Gasteiger partial charge is 0.228 e. The molecule has 0 aliphatic carbocycles. The maximum Gasteiger partial charge on any atom is 0.228 e. The standard InChI is InChI=1S/C16H17N3O2/c20-16(12-7-9-18-10-12)19-13-3-5-14(6-4-13)21-15-2-1-8-17-11-15/h1-6,8,11-12,18H,7,9-10H2,(H,19,20)/t12-/m1/s1. The van der Waals surface area contributed by atoms with Crippen LogP contribution < -0.4 is 15.4 Å². The van der Waals surface area contributed by atoms with E-state index in [0.29, 0.717) is 11.5 Å². The minimum Gasteiger partial charge on any atom is -0.456 e. The van der Waals surface area contributed by atoms with Crippen molar-refractivity contribution in [2.24, 2.45) is 5.92 Å². The van der Waals surface area contributed by atoms with Crippen LogP contribution in [0, 0.1) is 5.92 Å². The van der Waals surface area contributed by atoms with Crippen LogP contribution in [-0.2, 0) is 4.79 Å². The summed E-state index contributed by atoms with van der Waals surface area (Å²) in [4.78, 5) is 16.0. The molecular weight excluding hydrogens is 266 g/mol. The number of pyridine rings is 1. The zero-order valence-electron chi connectivity index (χ0n) is 11.6. The summed E-state index contributed by atoms with van der Waals surface area (Å²) in [5.74, 6) is 1.53. The Hall–Kier alpha value is -2.40. The third-order valence-corrected chi connectivity index (χ3v) is 3.42. The number of ether oxygens (including phenoxy) is 1. The number of amides is 1. The number of nitrogens with one attached hydrogen (secondary N) is 2. The van der Waals surface area contributed by atoms with Crippen molar-refractivity contribution in [3.05, 3.63) is 48.8 Å². The monoisotopic (exact) mass is 283 g/mol. The van der Waals surface area contributed by atoms with Gasteiger partial charge in [-0.1, -0.05) is 0 Å².